The molecule has 0 radical (unpaired) electrons. The number of nitrogens with zero attached hydrogens (tertiary/aromatic N) is 2. The number of carbonyl (C=O) groups excluding carboxylic acids is 1. The minimum Gasteiger partial charge on any atom is -0.370 e. The molecule has 0 saturated heterocycles. The molecular formula is C10H18N6O. The molecule has 2 amide bonds. The van der Waals surface area contributed by atoms with Crippen LogP contribution in [0.2, 0.25) is 0 Å². The Labute approximate surface area is 99.7 Å². The molecule has 1 rings (SSSR count). The number of H-pyrrole nitrogens is 1. The van der Waals surface area contributed by atoms with Gasteiger partial charge in [0.1, 0.15) is 0 Å². The fourth-order valence-corrected chi connectivity index (χ4v) is 1.49. The molecule has 0 aliphatic carbocycles. The zero-order chi connectivity index (χ0) is 12.7. The van der Waals surface area contributed by atoms with E-state index in [0.29, 0.717) is 6.54 Å². The Kier molecular flexibility index (Phi) is 4.99. The Bertz CT molecular complexity index is 397. The molecular weight excluding hydrogens is 220 g/mol. The van der Waals surface area contributed by atoms with E-state index in [9.17, 15) is 4.79 Å². The summed E-state index contributed by atoms with van der Waals surface area (Å²) >= 11 is 0. The number of hydrogen-bond donors (Lipinski definition) is 4. The molecule has 0 unspecified atom stereocenters. The molecule has 0 atom stereocenters. The number of hydrogen-bond acceptors (Lipinski definition) is 3. The lowest BCUT2D eigenvalue weighted by molar-refractivity contribution is 0.253. The maximum Gasteiger partial charge on any atom is 0.318 e. The van der Waals surface area contributed by atoms with E-state index in [1.807, 2.05) is 0 Å². The van der Waals surface area contributed by atoms with Crippen LogP contribution in [0.5, 0.6) is 0 Å². The molecule has 0 aliphatic rings. The fraction of sp³-hybridized carbons (Fsp3) is 0.500. The molecule has 0 bridgehead atoms. The average Bonchev–Trinajstić information content (AvgIpc) is 2.70. The van der Waals surface area contributed by atoms with Gasteiger partial charge in [-0.25, -0.2) is 9.78 Å². The molecule has 7 heteroatoms. The van der Waals surface area contributed by atoms with Gasteiger partial charge in [0.05, 0.1) is 12.0 Å². The third kappa shape index (κ3) is 4.54. The Morgan fingerprint density at radius 3 is 3.00 bits per heavy atom. The van der Waals surface area contributed by atoms with Crippen molar-refractivity contribution in [2.45, 2.75) is 26.2 Å². The second-order valence-electron chi connectivity index (χ2n) is 3.54. The summed E-state index contributed by atoms with van der Waals surface area (Å²) in [4.78, 5) is 21.7. The summed E-state index contributed by atoms with van der Waals surface area (Å²) in [5.41, 5.74) is 12.5. The molecule has 0 aromatic carbocycles. The maximum absolute atomic E-state index is 10.4. The molecule has 0 saturated carbocycles. The van der Waals surface area contributed by atoms with Crippen molar-refractivity contribution in [1.29, 1.82) is 0 Å². The summed E-state index contributed by atoms with van der Waals surface area (Å²) in [6.07, 6.45) is 4.29. The van der Waals surface area contributed by atoms with Crippen molar-refractivity contribution >= 4 is 12.0 Å². The van der Waals surface area contributed by atoms with E-state index in [0.717, 1.165) is 30.7 Å². The first-order valence-electron chi connectivity index (χ1n) is 5.51. The van der Waals surface area contributed by atoms with Crippen molar-refractivity contribution in [2.75, 3.05) is 6.54 Å². The number of urea groups is 1. The minimum absolute atomic E-state index is 0.0535. The molecule has 94 valence electrons. The van der Waals surface area contributed by atoms with Gasteiger partial charge in [0.2, 0.25) is 0 Å². The number of nitrogens with two attached hydrogens (primary N) is 2. The van der Waals surface area contributed by atoms with Crippen LogP contribution in [0.25, 0.3) is 0 Å². The van der Waals surface area contributed by atoms with Gasteiger partial charge in [-0.2, -0.15) is 0 Å². The first kappa shape index (κ1) is 13.0. The molecule has 1 aromatic rings. The highest BCUT2D eigenvalue weighted by Crippen LogP contribution is 2.06. The second kappa shape index (κ2) is 6.51. The quantitative estimate of drug-likeness (QED) is 0.325. The number of aromatic amines is 1. The minimum atomic E-state index is -0.701. The number of amides is 2. The lowest BCUT2D eigenvalue weighted by atomic mass is 10.2. The van der Waals surface area contributed by atoms with E-state index in [-0.39, 0.29) is 5.96 Å². The van der Waals surface area contributed by atoms with Crippen molar-refractivity contribution in [3.63, 3.8) is 0 Å². The third-order valence-electron chi connectivity index (χ3n) is 2.26. The number of nitrogens with one attached hydrogen (secondary N) is 2. The van der Waals surface area contributed by atoms with E-state index < -0.39 is 6.03 Å². The van der Waals surface area contributed by atoms with Crippen LogP contribution in [0.4, 0.5) is 4.79 Å². The van der Waals surface area contributed by atoms with E-state index in [2.05, 4.69) is 27.2 Å². The molecule has 1 heterocycles. The number of rotatable bonds is 5. The van der Waals surface area contributed by atoms with Gasteiger partial charge in [0.25, 0.3) is 0 Å². The predicted octanol–water partition coefficient (Wildman–Crippen LogP) is -0.112. The van der Waals surface area contributed by atoms with Gasteiger partial charge < -0.3 is 16.5 Å². The van der Waals surface area contributed by atoms with Crippen LogP contribution in [0.15, 0.2) is 11.3 Å². The lowest BCUT2D eigenvalue weighted by Crippen LogP contribution is -2.40. The molecule has 17 heavy (non-hydrogen) atoms. The maximum atomic E-state index is 10.4. The van der Waals surface area contributed by atoms with Gasteiger partial charge >= 0.3 is 6.03 Å². The molecule has 0 fully saturated rings. The molecule has 0 aliphatic heterocycles. The number of guanidine groups is 1. The van der Waals surface area contributed by atoms with Crippen LogP contribution >= 0.6 is 0 Å². The fourth-order valence-electron chi connectivity index (χ4n) is 1.49. The van der Waals surface area contributed by atoms with E-state index in [1.165, 1.54) is 0 Å². The summed E-state index contributed by atoms with van der Waals surface area (Å²) in [5, 5.41) is 2.21. The Morgan fingerprint density at radius 1 is 1.59 bits per heavy atom. The number of aromatic nitrogens is 2. The van der Waals surface area contributed by atoms with Crippen molar-refractivity contribution in [3.05, 3.63) is 17.7 Å². The smallest absolute Gasteiger partial charge is 0.318 e. The summed E-state index contributed by atoms with van der Waals surface area (Å²) in [6.45, 7) is 2.60. The Morgan fingerprint density at radius 2 is 2.35 bits per heavy atom. The van der Waals surface area contributed by atoms with Crippen LogP contribution in [0.1, 0.15) is 24.7 Å². The normalized spacial score (nSPS) is 11.5. The third-order valence-corrected chi connectivity index (χ3v) is 2.26. The van der Waals surface area contributed by atoms with E-state index in [4.69, 9.17) is 11.5 Å². The van der Waals surface area contributed by atoms with Crippen molar-refractivity contribution in [3.8, 4) is 0 Å². The summed E-state index contributed by atoms with van der Waals surface area (Å²) in [7, 11) is 0. The van der Waals surface area contributed by atoms with Crippen molar-refractivity contribution in [2.24, 2.45) is 16.5 Å². The van der Waals surface area contributed by atoms with Crippen LogP contribution in [0, 0.1) is 0 Å². The second-order valence-corrected chi connectivity index (χ2v) is 3.54. The number of aliphatic imine (C=N–C) groups is 1. The molecule has 7 nitrogen and oxygen atoms in total. The number of aryl methyl sites for hydroxylation is 2. The first-order valence-corrected chi connectivity index (χ1v) is 5.51. The SMILES string of the molecule is CCc1nc[nH]c1CCCN=C(N)NC(N)=O. The van der Waals surface area contributed by atoms with Gasteiger partial charge in [-0.3, -0.25) is 10.3 Å². The van der Waals surface area contributed by atoms with Gasteiger partial charge in [-0.1, -0.05) is 6.92 Å². The van der Waals surface area contributed by atoms with Crippen molar-refractivity contribution in [1.82, 2.24) is 15.3 Å². The zero-order valence-corrected chi connectivity index (χ0v) is 9.86. The predicted molar refractivity (Wildman–Crippen MR) is 65.5 cm³/mol. The summed E-state index contributed by atoms with van der Waals surface area (Å²) in [5.74, 6) is 0.0535. The van der Waals surface area contributed by atoms with E-state index >= 15 is 0 Å². The Hall–Kier alpha value is -2.05. The lowest BCUT2D eigenvalue weighted by Gasteiger charge is -2.01. The standard InChI is InChI=1S/C10H18N6O/c1-2-7-8(15-6-14-7)4-3-5-13-9(11)16-10(12)17/h6H,2-5H2,1H3,(H,14,15)(H5,11,12,13,16,17). The monoisotopic (exact) mass is 238 g/mol. The van der Waals surface area contributed by atoms with Gasteiger partial charge in [0, 0.05) is 12.2 Å². The van der Waals surface area contributed by atoms with Crippen LogP contribution in [-0.4, -0.2) is 28.5 Å². The highest BCUT2D eigenvalue weighted by atomic mass is 16.2. The van der Waals surface area contributed by atoms with Crippen LogP contribution < -0.4 is 16.8 Å². The highest BCUT2D eigenvalue weighted by Gasteiger charge is 2.02. The highest BCUT2D eigenvalue weighted by molar-refractivity contribution is 5.94. The zero-order valence-electron chi connectivity index (χ0n) is 9.86. The van der Waals surface area contributed by atoms with Crippen molar-refractivity contribution < 1.29 is 4.79 Å². The topological polar surface area (TPSA) is 122 Å². The molecule has 1 aromatic heterocycles. The summed E-state index contributed by atoms with van der Waals surface area (Å²) in [6, 6.07) is -0.701. The number of imidazole rings is 1. The van der Waals surface area contributed by atoms with Crippen LogP contribution in [0.3, 0.4) is 0 Å². The van der Waals surface area contributed by atoms with Crippen LogP contribution in [-0.2, 0) is 12.8 Å². The molecule has 0 spiro atoms. The first-order chi connectivity index (χ1) is 8.13. The Balaban J connectivity index is 2.31. The van der Waals surface area contributed by atoms with Gasteiger partial charge in [0.15, 0.2) is 5.96 Å². The average molecular weight is 238 g/mol. The van der Waals surface area contributed by atoms with Gasteiger partial charge in [-0.05, 0) is 19.3 Å². The largest absolute Gasteiger partial charge is 0.370 e. The van der Waals surface area contributed by atoms with Gasteiger partial charge in [-0.15, -0.1) is 0 Å². The number of primary amides is 1. The molecule has 6 N–H and O–H groups in total. The summed E-state index contributed by atoms with van der Waals surface area (Å²) < 4.78 is 0. The number of carbonyl (C=O) groups is 1. The van der Waals surface area contributed by atoms with E-state index in [1.54, 1.807) is 6.33 Å².